The van der Waals surface area contributed by atoms with Gasteiger partial charge in [0.2, 0.25) is 0 Å². The van der Waals surface area contributed by atoms with Crippen LogP contribution in [0.25, 0.3) is 5.57 Å². The number of benzene rings is 1. The molecule has 174 valence electrons. The Bertz CT molecular complexity index is 917. The van der Waals surface area contributed by atoms with E-state index in [0.717, 1.165) is 37.0 Å². The molecule has 0 saturated heterocycles. The zero-order valence-corrected chi connectivity index (χ0v) is 20.2. The molecule has 0 spiro atoms. The average Bonchev–Trinajstić information content (AvgIpc) is 3.08. The third-order valence-corrected chi connectivity index (χ3v) is 9.96. The van der Waals surface area contributed by atoms with Crippen molar-refractivity contribution >= 4 is 11.3 Å². The summed E-state index contributed by atoms with van der Waals surface area (Å²) in [5.41, 5.74) is 5.43. The van der Waals surface area contributed by atoms with Gasteiger partial charge >= 0.3 is 0 Å². The monoisotopic (exact) mass is 435 g/mol. The summed E-state index contributed by atoms with van der Waals surface area (Å²) in [4.78, 5) is 2.27. The van der Waals surface area contributed by atoms with Crippen LogP contribution in [0.3, 0.4) is 0 Å². The lowest BCUT2D eigenvalue weighted by molar-refractivity contribution is -0.0908. The molecule has 4 aliphatic carbocycles. The number of fused-ring (bicyclic) bond motifs is 5. The van der Waals surface area contributed by atoms with E-state index in [0.29, 0.717) is 5.92 Å². The van der Waals surface area contributed by atoms with Crippen LogP contribution >= 0.6 is 0 Å². The molecule has 0 radical (unpaired) electrons. The van der Waals surface area contributed by atoms with Crippen LogP contribution in [0, 0.1) is 29.1 Å². The highest BCUT2D eigenvalue weighted by atomic mass is 16.3. The Labute approximate surface area is 194 Å². The Kier molecular flexibility index (Phi) is 5.78. The molecule has 3 saturated carbocycles. The maximum Gasteiger partial charge on any atom is 0.0884 e. The van der Waals surface area contributed by atoms with Gasteiger partial charge in [0.05, 0.1) is 12.2 Å². The number of nitrogens with zero attached hydrogens (tertiary/aromatic N) is 1. The third kappa shape index (κ3) is 3.30. The normalized spacial score (nSPS) is 39.0. The van der Waals surface area contributed by atoms with Gasteiger partial charge in [-0.25, -0.2) is 0 Å². The zero-order valence-electron chi connectivity index (χ0n) is 20.2. The van der Waals surface area contributed by atoms with E-state index in [9.17, 15) is 10.2 Å². The van der Waals surface area contributed by atoms with Crippen LogP contribution in [0.1, 0.15) is 70.3 Å². The van der Waals surface area contributed by atoms with E-state index >= 15 is 0 Å². The zero-order chi connectivity index (χ0) is 22.5. The van der Waals surface area contributed by atoms with E-state index in [1.807, 2.05) is 6.08 Å². The van der Waals surface area contributed by atoms with Crippen molar-refractivity contribution in [3.8, 4) is 0 Å². The van der Waals surface area contributed by atoms with E-state index in [2.05, 4.69) is 50.2 Å². The number of hydrogen-bond acceptors (Lipinski definition) is 3. The Morgan fingerprint density at radius 2 is 1.84 bits per heavy atom. The summed E-state index contributed by atoms with van der Waals surface area (Å²) in [7, 11) is 4.32. The number of allylic oxidation sites excluding steroid dienone is 2. The Hall–Kier alpha value is -1.58. The van der Waals surface area contributed by atoms with Gasteiger partial charge in [-0.1, -0.05) is 42.8 Å². The molecule has 32 heavy (non-hydrogen) atoms. The lowest BCUT2D eigenvalue weighted by Crippen LogP contribution is -2.52. The number of para-hydroxylation sites is 1. The van der Waals surface area contributed by atoms with E-state index in [1.165, 1.54) is 49.8 Å². The highest BCUT2D eigenvalue weighted by molar-refractivity contribution is 5.79. The van der Waals surface area contributed by atoms with Gasteiger partial charge in [-0.15, -0.1) is 0 Å². The fourth-order valence-corrected chi connectivity index (χ4v) is 8.42. The molecule has 3 fully saturated rings. The SMILES string of the molecule is CN(C)c1ccccc1C1=C2CC[C@@H]3[C@H](CC[C@@]4(C)[C@H]3CC[C@@]4(O)/C=C/CO)[C@H]2CCC1. The van der Waals surface area contributed by atoms with Crippen molar-refractivity contribution in [2.45, 2.75) is 70.3 Å². The van der Waals surface area contributed by atoms with Crippen LogP contribution in [-0.2, 0) is 0 Å². The molecule has 0 bridgehead atoms. The quantitative estimate of drug-likeness (QED) is 0.586. The lowest BCUT2D eigenvalue weighted by Gasteiger charge is -2.55. The van der Waals surface area contributed by atoms with Crippen molar-refractivity contribution in [3.63, 3.8) is 0 Å². The first-order chi connectivity index (χ1) is 15.4. The van der Waals surface area contributed by atoms with Crippen molar-refractivity contribution in [3.05, 3.63) is 47.6 Å². The van der Waals surface area contributed by atoms with Gasteiger partial charge in [0.25, 0.3) is 0 Å². The molecule has 3 nitrogen and oxygen atoms in total. The summed E-state index contributed by atoms with van der Waals surface area (Å²) in [6, 6.07) is 8.98. The van der Waals surface area contributed by atoms with E-state index in [-0.39, 0.29) is 12.0 Å². The molecule has 5 rings (SSSR count). The van der Waals surface area contributed by atoms with Gasteiger partial charge in [0.15, 0.2) is 0 Å². The average molecular weight is 436 g/mol. The van der Waals surface area contributed by atoms with Gasteiger partial charge in [-0.05, 0) is 93.1 Å². The summed E-state index contributed by atoms with van der Waals surface area (Å²) in [6.45, 7) is 2.36. The van der Waals surface area contributed by atoms with Gasteiger partial charge in [0.1, 0.15) is 0 Å². The number of anilines is 1. The summed E-state index contributed by atoms with van der Waals surface area (Å²) in [6.07, 6.45) is 14.4. The molecular formula is C29H41NO2. The molecule has 3 heteroatoms. The van der Waals surface area contributed by atoms with Gasteiger partial charge in [0, 0.05) is 30.8 Å². The topological polar surface area (TPSA) is 43.7 Å². The van der Waals surface area contributed by atoms with Crippen molar-refractivity contribution in [1.29, 1.82) is 0 Å². The van der Waals surface area contributed by atoms with Crippen molar-refractivity contribution in [2.24, 2.45) is 29.1 Å². The van der Waals surface area contributed by atoms with Crippen LogP contribution in [0.5, 0.6) is 0 Å². The highest BCUT2D eigenvalue weighted by Crippen LogP contribution is 2.65. The van der Waals surface area contributed by atoms with E-state index < -0.39 is 5.60 Å². The second kappa shape index (κ2) is 8.33. The minimum Gasteiger partial charge on any atom is -0.392 e. The van der Waals surface area contributed by atoms with Crippen molar-refractivity contribution in [2.75, 3.05) is 25.6 Å². The number of aliphatic hydroxyl groups excluding tert-OH is 1. The molecule has 0 unspecified atom stereocenters. The number of hydrogen-bond donors (Lipinski definition) is 2. The van der Waals surface area contributed by atoms with Crippen LogP contribution in [0.2, 0.25) is 0 Å². The van der Waals surface area contributed by atoms with Crippen molar-refractivity contribution in [1.82, 2.24) is 0 Å². The Morgan fingerprint density at radius 3 is 2.62 bits per heavy atom. The Balaban J connectivity index is 1.47. The fraction of sp³-hybridized carbons (Fsp3) is 0.655. The molecule has 0 heterocycles. The molecule has 6 atom stereocenters. The second-order valence-corrected chi connectivity index (χ2v) is 11.4. The van der Waals surface area contributed by atoms with Gasteiger partial charge in [-0.3, -0.25) is 0 Å². The Morgan fingerprint density at radius 1 is 1.03 bits per heavy atom. The van der Waals surface area contributed by atoms with E-state index in [4.69, 9.17) is 0 Å². The molecule has 0 aliphatic heterocycles. The molecule has 2 N–H and O–H groups in total. The molecule has 0 aromatic heterocycles. The molecule has 4 aliphatic rings. The van der Waals surface area contributed by atoms with Crippen molar-refractivity contribution < 1.29 is 10.2 Å². The first-order valence-electron chi connectivity index (χ1n) is 12.9. The predicted molar refractivity (Wildman–Crippen MR) is 132 cm³/mol. The van der Waals surface area contributed by atoms with E-state index in [1.54, 1.807) is 17.2 Å². The summed E-state index contributed by atoms with van der Waals surface area (Å²) in [5, 5.41) is 20.9. The lowest BCUT2D eigenvalue weighted by atomic mass is 9.50. The minimum atomic E-state index is -0.746. The largest absolute Gasteiger partial charge is 0.392 e. The maximum atomic E-state index is 11.6. The minimum absolute atomic E-state index is 0.0164. The summed E-state index contributed by atoms with van der Waals surface area (Å²) in [5.74, 6) is 2.86. The molecule has 1 aromatic rings. The maximum absolute atomic E-state index is 11.6. The predicted octanol–water partition coefficient (Wildman–Crippen LogP) is 5.82. The van der Waals surface area contributed by atoms with Gasteiger partial charge < -0.3 is 15.1 Å². The summed E-state index contributed by atoms with van der Waals surface area (Å²) >= 11 is 0. The standard InChI is InChI=1S/C29H41NO2/c1-28-17-14-23-20-9-6-10-21(25-8-4-5-11-27(25)30(2)3)22(20)12-13-24(23)26(28)15-18-29(28,32)16-7-19-31/h4-5,7-8,11,16,20,23-24,26,31-32H,6,9-10,12-15,17-19H2,1-3H3/b16-7+/t20-,23+,24+,26-,28-,29-/m0/s1. The first kappa shape index (κ1) is 22.2. The smallest absolute Gasteiger partial charge is 0.0884 e. The van der Waals surface area contributed by atoms with Crippen LogP contribution < -0.4 is 4.90 Å². The van der Waals surface area contributed by atoms with Crippen LogP contribution in [-0.4, -0.2) is 36.5 Å². The van der Waals surface area contributed by atoms with Gasteiger partial charge in [-0.2, -0.15) is 0 Å². The third-order valence-electron chi connectivity index (χ3n) is 9.96. The fourth-order valence-electron chi connectivity index (χ4n) is 8.42. The number of rotatable bonds is 4. The highest BCUT2D eigenvalue weighted by Gasteiger charge is 2.61. The second-order valence-electron chi connectivity index (χ2n) is 11.4. The summed E-state index contributed by atoms with van der Waals surface area (Å²) < 4.78 is 0. The molecule has 1 aromatic carbocycles. The number of aliphatic hydroxyl groups is 2. The molecule has 0 amide bonds. The van der Waals surface area contributed by atoms with Crippen LogP contribution in [0.15, 0.2) is 42.0 Å². The van der Waals surface area contributed by atoms with Crippen LogP contribution in [0.4, 0.5) is 5.69 Å². The molecular weight excluding hydrogens is 394 g/mol. The first-order valence-corrected chi connectivity index (χ1v) is 12.9.